The van der Waals surface area contributed by atoms with Gasteiger partial charge in [0.25, 0.3) is 0 Å². The Bertz CT molecular complexity index is 270. The summed E-state index contributed by atoms with van der Waals surface area (Å²) >= 11 is 0. The van der Waals surface area contributed by atoms with E-state index in [-0.39, 0.29) is 5.91 Å². The van der Waals surface area contributed by atoms with Gasteiger partial charge in [0.15, 0.2) is 0 Å². The molecule has 2 fully saturated rings. The van der Waals surface area contributed by atoms with Gasteiger partial charge in [-0.15, -0.1) is 0 Å². The first-order valence-electron chi connectivity index (χ1n) is 8.43. The van der Waals surface area contributed by atoms with Crippen LogP contribution in [0.5, 0.6) is 0 Å². The molecule has 0 aromatic rings. The molecule has 2 N–H and O–H groups in total. The van der Waals surface area contributed by atoms with Crippen molar-refractivity contribution in [1.29, 1.82) is 0 Å². The van der Waals surface area contributed by atoms with Gasteiger partial charge < -0.3 is 15.4 Å². The Morgan fingerprint density at radius 2 is 1.75 bits per heavy atom. The zero-order valence-electron chi connectivity index (χ0n) is 12.7. The Kier molecular flexibility index (Phi) is 7.37. The first kappa shape index (κ1) is 15.8. The monoisotopic (exact) mass is 282 g/mol. The van der Waals surface area contributed by atoms with Crippen molar-refractivity contribution in [3.63, 3.8) is 0 Å². The molecule has 1 amide bonds. The normalized spacial score (nSPS) is 22.4. The molecule has 0 aromatic carbocycles. The predicted molar refractivity (Wildman–Crippen MR) is 80.7 cm³/mol. The van der Waals surface area contributed by atoms with E-state index in [1.54, 1.807) is 0 Å². The minimum atomic E-state index is 0.214. The minimum absolute atomic E-state index is 0.214. The number of nitrogens with one attached hydrogen (secondary N) is 2. The SMILES string of the molecule is O=C(CC1CCCCCC1)NCCOC1CCNCC1. The molecular formula is C16H30N2O2. The van der Waals surface area contributed by atoms with Gasteiger partial charge in [0.1, 0.15) is 0 Å². The average Bonchev–Trinajstić information content (AvgIpc) is 2.73. The van der Waals surface area contributed by atoms with Crippen molar-refractivity contribution in [3.8, 4) is 0 Å². The molecule has 1 aliphatic heterocycles. The maximum absolute atomic E-state index is 11.9. The van der Waals surface area contributed by atoms with Gasteiger partial charge in [-0.1, -0.05) is 25.7 Å². The number of carbonyl (C=O) groups is 1. The zero-order valence-corrected chi connectivity index (χ0v) is 12.7. The summed E-state index contributed by atoms with van der Waals surface area (Å²) in [6.45, 7) is 3.42. The van der Waals surface area contributed by atoms with E-state index in [1.165, 1.54) is 38.5 Å². The Morgan fingerprint density at radius 1 is 1.05 bits per heavy atom. The Labute approximate surface area is 123 Å². The van der Waals surface area contributed by atoms with Crippen molar-refractivity contribution in [2.45, 2.75) is 63.9 Å². The summed E-state index contributed by atoms with van der Waals surface area (Å²) < 4.78 is 5.79. The summed E-state index contributed by atoms with van der Waals surface area (Å²) in [7, 11) is 0. The molecule has 1 heterocycles. The van der Waals surface area contributed by atoms with Gasteiger partial charge in [-0.2, -0.15) is 0 Å². The van der Waals surface area contributed by atoms with Gasteiger partial charge in [-0.05, 0) is 44.7 Å². The lowest BCUT2D eigenvalue weighted by atomic mass is 9.96. The fourth-order valence-corrected chi connectivity index (χ4v) is 3.28. The van der Waals surface area contributed by atoms with Crippen molar-refractivity contribution in [1.82, 2.24) is 10.6 Å². The number of hydrogen-bond donors (Lipinski definition) is 2. The zero-order chi connectivity index (χ0) is 14.0. The highest BCUT2D eigenvalue weighted by Crippen LogP contribution is 2.25. The van der Waals surface area contributed by atoms with Gasteiger partial charge in [-0.3, -0.25) is 4.79 Å². The lowest BCUT2D eigenvalue weighted by Crippen LogP contribution is -2.35. The van der Waals surface area contributed by atoms with E-state index in [1.807, 2.05) is 0 Å². The number of ether oxygens (including phenoxy) is 1. The summed E-state index contributed by atoms with van der Waals surface area (Å²) in [5.74, 6) is 0.827. The van der Waals surface area contributed by atoms with Crippen LogP contribution >= 0.6 is 0 Å². The molecule has 2 aliphatic rings. The topological polar surface area (TPSA) is 50.4 Å². The maximum atomic E-state index is 11.9. The standard InChI is InChI=1S/C16H30N2O2/c19-16(13-14-5-3-1-2-4-6-14)18-11-12-20-15-7-9-17-10-8-15/h14-15,17H,1-13H2,(H,18,19). The summed E-state index contributed by atoms with van der Waals surface area (Å²) in [5, 5.41) is 6.33. The second kappa shape index (κ2) is 9.35. The highest BCUT2D eigenvalue weighted by Gasteiger charge is 2.16. The highest BCUT2D eigenvalue weighted by molar-refractivity contribution is 5.76. The van der Waals surface area contributed by atoms with Crippen LogP contribution < -0.4 is 10.6 Å². The van der Waals surface area contributed by atoms with Gasteiger partial charge in [0, 0.05) is 13.0 Å². The summed E-state index contributed by atoms with van der Waals surface area (Å²) in [6.07, 6.45) is 11.1. The van der Waals surface area contributed by atoms with Crippen LogP contribution in [-0.4, -0.2) is 38.3 Å². The van der Waals surface area contributed by atoms with Crippen molar-refractivity contribution in [2.75, 3.05) is 26.2 Å². The van der Waals surface area contributed by atoms with Crippen LogP contribution in [0.3, 0.4) is 0 Å². The molecule has 1 saturated carbocycles. The smallest absolute Gasteiger partial charge is 0.220 e. The minimum Gasteiger partial charge on any atom is -0.376 e. The molecule has 1 saturated heterocycles. The van der Waals surface area contributed by atoms with Crippen LogP contribution in [0.1, 0.15) is 57.8 Å². The second-order valence-electron chi connectivity index (χ2n) is 6.23. The predicted octanol–water partition coefficient (Wildman–Crippen LogP) is 2.23. The molecule has 0 unspecified atom stereocenters. The van der Waals surface area contributed by atoms with Crippen LogP contribution in [0.4, 0.5) is 0 Å². The number of carbonyl (C=O) groups excluding carboxylic acids is 1. The number of rotatable bonds is 6. The van der Waals surface area contributed by atoms with Gasteiger partial charge in [-0.25, -0.2) is 0 Å². The van der Waals surface area contributed by atoms with Crippen LogP contribution in [0.15, 0.2) is 0 Å². The van der Waals surface area contributed by atoms with Crippen molar-refractivity contribution >= 4 is 5.91 Å². The molecule has 116 valence electrons. The van der Waals surface area contributed by atoms with Gasteiger partial charge in [0.2, 0.25) is 5.91 Å². The van der Waals surface area contributed by atoms with E-state index < -0.39 is 0 Å². The highest BCUT2D eigenvalue weighted by atomic mass is 16.5. The first-order chi connectivity index (χ1) is 9.84. The molecule has 0 radical (unpaired) electrons. The van der Waals surface area contributed by atoms with Crippen molar-refractivity contribution < 1.29 is 9.53 Å². The van der Waals surface area contributed by atoms with Crippen molar-refractivity contribution in [3.05, 3.63) is 0 Å². The summed E-state index contributed by atoms with van der Waals surface area (Å²) in [4.78, 5) is 11.9. The fourth-order valence-electron chi connectivity index (χ4n) is 3.28. The molecule has 0 atom stereocenters. The molecule has 4 nitrogen and oxygen atoms in total. The van der Waals surface area contributed by atoms with E-state index in [0.29, 0.717) is 31.6 Å². The lowest BCUT2D eigenvalue weighted by Gasteiger charge is -2.23. The van der Waals surface area contributed by atoms with Crippen LogP contribution in [0.25, 0.3) is 0 Å². The van der Waals surface area contributed by atoms with E-state index in [2.05, 4.69) is 10.6 Å². The number of piperidine rings is 1. The molecular weight excluding hydrogens is 252 g/mol. The lowest BCUT2D eigenvalue weighted by molar-refractivity contribution is -0.122. The van der Waals surface area contributed by atoms with Crippen LogP contribution in [0, 0.1) is 5.92 Å². The third kappa shape index (κ3) is 6.23. The molecule has 4 heteroatoms. The van der Waals surface area contributed by atoms with Crippen LogP contribution in [0.2, 0.25) is 0 Å². The molecule has 20 heavy (non-hydrogen) atoms. The quantitative estimate of drug-likeness (QED) is 0.580. The Morgan fingerprint density at radius 3 is 2.45 bits per heavy atom. The molecule has 2 rings (SSSR count). The third-order valence-electron chi connectivity index (χ3n) is 4.51. The third-order valence-corrected chi connectivity index (χ3v) is 4.51. The fraction of sp³-hybridized carbons (Fsp3) is 0.938. The van der Waals surface area contributed by atoms with Gasteiger partial charge in [0.05, 0.1) is 12.7 Å². The molecule has 0 spiro atoms. The molecule has 0 aromatic heterocycles. The Hall–Kier alpha value is -0.610. The summed E-state index contributed by atoms with van der Waals surface area (Å²) in [6, 6.07) is 0. The van der Waals surface area contributed by atoms with Crippen molar-refractivity contribution in [2.24, 2.45) is 5.92 Å². The molecule has 1 aliphatic carbocycles. The van der Waals surface area contributed by atoms with Gasteiger partial charge >= 0.3 is 0 Å². The average molecular weight is 282 g/mol. The second-order valence-corrected chi connectivity index (χ2v) is 6.23. The van der Waals surface area contributed by atoms with E-state index >= 15 is 0 Å². The van der Waals surface area contributed by atoms with E-state index in [9.17, 15) is 4.79 Å². The van der Waals surface area contributed by atoms with E-state index in [4.69, 9.17) is 4.74 Å². The molecule has 0 bridgehead atoms. The van der Waals surface area contributed by atoms with E-state index in [0.717, 1.165) is 25.9 Å². The summed E-state index contributed by atoms with van der Waals surface area (Å²) in [5.41, 5.74) is 0. The Balaban J connectivity index is 1.50. The maximum Gasteiger partial charge on any atom is 0.220 e. The van der Waals surface area contributed by atoms with Crippen LogP contribution in [-0.2, 0) is 9.53 Å². The first-order valence-corrected chi connectivity index (χ1v) is 8.43. The number of amides is 1. The number of hydrogen-bond acceptors (Lipinski definition) is 3. The largest absolute Gasteiger partial charge is 0.376 e.